The molecule has 2 unspecified atom stereocenters. The molecule has 2 aromatic heterocycles. The highest BCUT2D eigenvalue weighted by molar-refractivity contribution is 6.25. The maximum atomic E-state index is 13.2. The first-order chi connectivity index (χ1) is 16.9. The highest BCUT2D eigenvalue weighted by Crippen LogP contribution is 2.32. The molecule has 0 spiro atoms. The van der Waals surface area contributed by atoms with Crippen molar-refractivity contribution in [2.24, 2.45) is 0 Å². The maximum absolute atomic E-state index is 13.2. The van der Waals surface area contributed by atoms with Gasteiger partial charge in [-0.1, -0.05) is 24.3 Å². The monoisotopic (exact) mass is 473 g/mol. The fraction of sp³-hybridized carbons (Fsp3) is 0.292. The second-order valence-electron chi connectivity index (χ2n) is 8.62. The molecule has 11 heteroatoms. The van der Waals surface area contributed by atoms with E-state index >= 15 is 0 Å². The van der Waals surface area contributed by atoms with Gasteiger partial charge in [0, 0.05) is 29.9 Å². The molecule has 178 valence electrons. The topological polar surface area (TPSA) is 139 Å². The van der Waals surface area contributed by atoms with Gasteiger partial charge in [-0.15, -0.1) is 5.10 Å². The zero-order valence-electron chi connectivity index (χ0n) is 19.0. The van der Waals surface area contributed by atoms with E-state index < -0.39 is 29.7 Å². The number of benzene rings is 1. The molecule has 5 rings (SSSR count). The van der Waals surface area contributed by atoms with E-state index in [2.05, 4.69) is 32.9 Å². The average molecular weight is 473 g/mol. The number of nitrogens with zero attached hydrogens (tertiary/aromatic N) is 5. The predicted molar refractivity (Wildman–Crippen MR) is 123 cm³/mol. The van der Waals surface area contributed by atoms with Gasteiger partial charge in [0.25, 0.3) is 11.8 Å². The molecule has 2 aliphatic heterocycles. The molecule has 4 heterocycles. The molecule has 2 aliphatic rings. The first-order valence-corrected chi connectivity index (χ1v) is 11.3. The van der Waals surface area contributed by atoms with E-state index in [0.717, 1.165) is 10.6 Å². The van der Waals surface area contributed by atoms with Gasteiger partial charge < -0.3 is 5.32 Å². The molecule has 0 saturated carbocycles. The number of amides is 4. The number of pyridine rings is 1. The molecule has 0 aliphatic carbocycles. The van der Waals surface area contributed by atoms with E-state index in [0.29, 0.717) is 17.9 Å². The Balaban J connectivity index is 1.28. The number of imide groups is 2. The standard InChI is InChI=1S/C24H23N7O4/c1-14(17-6-2-3-10-25-17)12-30-13-15(28-29-30)11-26-18-7-4-5-16-21(18)24(35)31(23(16)34)19-8-9-20(32)27-22(19)33/h2-7,10,13-14,19,26H,8-9,11-12H2,1H3,(H,27,32,33). The fourth-order valence-electron chi connectivity index (χ4n) is 4.40. The molecule has 3 aromatic rings. The summed E-state index contributed by atoms with van der Waals surface area (Å²) in [5.74, 6) is -2.00. The zero-order valence-corrected chi connectivity index (χ0v) is 19.0. The Bertz CT molecular complexity index is 1320. The molecule has 35 heavy (non-hydrogen) atoms. The van der Waals surface area contributed by atoms with Gasteiger partial charge in [0.15, 0.2) is 0 Å². The first kappa shape index (κ1) is 22.4. The maximum Gasteiger partial charge on any atom is 0.264 e. The number of piperidine rings is 1. The van der Waals surface area contributed by atoms with Crippen molar-refractivity contribution < 1.29 is 19.2 Å². The third kappa shape index (κ3) is 4.27. The summed E-state index contributed by atoms with van der Waals surface area (Å²) in [4.78, 5) is 55.2. The summed E-state index contributed by atoms with van der Waals surface area (Å²) in [6.45, 7) is 2.96. The van der Waals surface area contributed by atoms with Gasteiger partial charge in [0.2, 0.25) is 11.8 Å². The van der Waals surface area contributed by atoms with Crippen LogP contribution in [0.1, 0.15) is 57.8 Å². The lowest BCUT2D eigenvalue weighted by Crippen LogP contribution is -2.54. The van der Waals surface area contributed by atoms with Crippen LogP contribution < -0.4 is 10.6 Å². The van der Waals surface area contributed by atoms with Gasteiger partial charge in [-0.3, -0.25) is 39.1 Å². The van der Waals surface area contributed by atoms with Gasteiger partial charge in [0.05, 0.1) is 30.4 Å². The minimum absolute atomic E-state index is 0.0729. The fourth-order valence-corrected chi connectivity index (χ4v) is 4.40. The van der Waals surface area contributed by atoms with Crippen LogP contribution in [-0.4, -0.2) is 54.5 Å². The Morgan fingerprint density at radius 1 is 1.11 bits per heavy atom. The van der Waals surface area contributed by atoms with E-state index in [1.165, 1.54) is 0 Å². The van der Waals surface area contributed by atoms with E-state index in [1.807, 2.05) is 24.4 Å². The lowest BCUT2D eigenvalue weighted by molar-refractivity contribution is -0.136. The van der Waals surface area contributed by atoms with Crippen LogP contribution in [0.5, 0.6) is 0 Å². The zero-order chi connectivity index (χ0) is 24.5. The highest BCUT2D eigenvalue weighted by Gasteiger charge is 2.45. The molecule has 0 radical (unpaired) electrons. The van der Waals surface area contributed by atoms with Crippen LogP contribution in [0.3, 0.4) is 0 Å². The quantitative estimate of drug-likeness (QED) is 0.492. The lowest BCUT2D eigenvalue weighted by Gasteiger charge is -2.27. The van der Waals surface area contributed by atoms with E-state index in [4.69, 9.17) is 0 Å². The normalized spacial score (nSPS) is 18.4. The largest absolute Gasteiger partial charge is 0.379 e. The van der Waals surface area contributed by atoms with Crippen LogP contribution >= 0.6 is 0 Å². The van der Waals surface area contributed by atoms with Crippen molar-refractivity contribution in [1.29, 1.82) is 0 Å². The first-order valence-electron chi connectivity index (χ1n) is 11.3. The van der Waals surface area contributed by atoms with Crippen LogP contribution in [0.15, 0.2) is 48.8 Å². The number of aromatic nitrogens is 4. The molecule has 4 amide bonds. The van der Waals surface area contributed by atoms with Crippen molar-refractivity contribution in [3.63, 3.8) is 0 Å². The average Bonchev–Trinajstić information content (AvgIpc) is 3.41. The molecule has 1 saturated heterocycles. The second-order valence-corrected chi connectivity index (χ2v) is 8.62. The van der Waals surface area contributed by atoms with Crippen molar-refractivity contribution in [3.05, 3.63) is 71.3 Å². The Hall–Kier alpha value is -4.41. The third-order valence-electron chi connectivity index (χ3n) is 6.17. The van der Waals surface area contributed by atoms with Crippen LogP contribution in [0, 0.1) is 0 Å². The van der Waals surface area contributed by atoms with E-state index in [-0.39, 0.29) is 36.4 Å². The van der Waals surface area contributed by atoms with Crippen molar-refractivity contribution in [2.75, 3.05) is 5.32 Å². The summed E-state index contributed by atoms with van der Waals surface area (Å²) in [5.41, 5.74) is 2.52. The van der Waals surface area contributed by atoms with Crippen molar-refractivity contribution in [1.82, 2.24) is 30.2 Å². The molecule has 0 bridgehead atoms. The van der Waals surface area contributed by atoms with Crippen LogP contribution in [0.2, 0.25) is 0 Å². The minimum atomic E-state index is -1.01. The molecule has 1 aromatic carbocycles. The number of hydrogen-bond donors (Lipinski definition) is 2. The second kappa shape index (κ2) is 9.09. The molecule has 2 N–H and O–H groups in total. The van der Waals surface area contributed by atoms with Gasteiger partial charge in [-0.2, -0.15) is 0 Å². The van der Waals surface area contributed by atoms with Gasteiger partial charge in [-0.05, 0) is 30.7 Å². The number of hydrogen-bond acceptors (Lipinski definition) is 8. The number of anilines is 1. The van der Waals surface area contributed by atoms with Gasteiger partial charge in [-0.25, -0.2) is 0 Å². The van der Waals surface area contributed by atoms with Crippen molar-refractivity contribution >= 4 is 29.3 Å². The number of carbonyl (C=O) groups is 4. The third-order valence-corrected chi connectivity index (χ3v) is 6.17. The van der Waals surface area contributed by atoms with Crippen LogP contribution in [0.4, 0.5) is 5.69 Å². The Labute approximate surface area is 200 Å². The summed E-state index contributed by atoms with van der Waals surface area (Å²) in [7, 11) is 0. The summed E-state index contributed by atoms with van der Waals surface area (Å²) in [6, 6.07) is 9.71. The molecular weight excluding hydrogens is 450 g/mol. The van der Waals surface area contributed by atoms with E-state index in [9.17, 15) is 19.2 Å². The summed E-state index contributed by atoms with van der Waals surface area (Å²) >= 11 is 0. The number of nitrogens with one attached hydrogen (secondary N) is 2. The molecular formula is C24H23N7O4. The predicted octanol–water partition coefficient (Wildman–Crippen LogP) is 1.49. The number of rotatable bonds is 7. The van der Waals surface area contributed by atoms with Crippen LogP contribution in [0.25, 0.3) is 0 Å². The number of fused-ring (bicyclic) bond motifs is 1. The van der Waals surface area contributed by atoms with Crippen LogP contribution in [-0.2, 0) is 22.7 Å². The summed E-state index contributed by atoms with van der Waals surface area (Å²) in [6.07, 6.45) is 3.76. The molecule has 1 fully saturated rings. The minimum Gasteiger partial charge on any atom is -0.379 e. The SMILES string of the molecule is CC(Cn1cc(CNc2cccc3c2C(=O)N(C2CCC(=O)NC2=O)C3=O)nn1)c1ccccn1. The smallest absolute Gasteiger partial charge is 0.264 e. The van der Waals surface area contributed by atoms with Gasteiger partial charge >= 0.3 is 0 Å². The lowest BCUT2D eigenvalue weighted by atomic mass is 10.0. The Morgan fingerprint density at radius 3 is 2.74 bits per heavy atom. The van der Waals surface area contributed by atoms with Crippen molar-refractivity contribution in [2.45, 2.75) is 44.8 Å². The van der Waals surface area contributed by atoms with Crippen molar-refractivity contribution in [3.8, 4) is 0 Å². The molecule has 2 atom stereocenters. The van der Waals surface area contributed by atoms with E-state index in [1.54, 1.807) is 29.1 Å². The summed E-state index contributed by atoms with van der Waals surface area (Å²) in [5, 5.41) is 13.7. The Morgan fingerprint density at radius 2 is 1.97 bits per heavy atom. The van der Waals surface area contributed by atoms with Gasteiger partial charge in [0.1, 0.15) is 11.7 Å². The molecule has 11 nitrogen and oxygen atoms in total. The summed E-state index contributed by atoms with van der Waals surface area (Å²) < 4.78 is 1.74. The Kier molecular flexibility index (Phi) is 5.81. The number of carbonyl (C=O) groups excluding carboxylic acids is 4. The highest BCUT2D eigenvalue weighted by atomic mass is 16.2.